The minimum Gasteiger partial charge on any atom is -0.461 e. The average molecular weight is 200 g/mol. The number of hydrogen-bond acceptors (Lipinski definition) is 1. The summed E-state index contributed by atoms with van der Waals surface area (Å²) in [6, 6.07) is 10.3. The first-order valence-corrected chi connectivity index (χ1v) is 5.48. The number of fused-ring (bicyclic) bond motifs is 1. The van der Waals surface area contributed by atoms with Crippen molar-refractivity contribution in [1.29, 1.82) is 0 Å². The summed E-state index contributed by atoms with van der Waals surface area (Å²) >= 11 is 0. The van der Waals surface area contributed by atoms with Crippen LogP contribution in [0.5, 0.6) is 0 Å². The fraction of sp³-hybridized carbons (Fsp3) is 0.286. The van der Waals surface area contributed by atoms with Gasteiger partial charge < -0.3 is 4.42 Å². The fourth-order valence-corrected chi connectivity index (χ4v) is 1.75. The zero-order chi connectivity index (χ0) is 10.5. The molecule has 0 radical (unpaired) electrons. The molecule has 0 unspecified atom stereocenters. The molecule has 15 heavy (non-hydrogen) atoms. The Morgan fingerprint density at radius 2 is 2.07 bits per heavy atom. The quantitative estimate of drug-likeness (QED) is 0.517. The highest BCUT2D eigenvalue weighted by Crippen LogP contribution is 2.20. The molecule has 1 heteroatoms. The highest BCUT2D eigenvalue weighted by Gasteiger charge is 2.01. The zero-order valence-corrected chi connectivity index (χ0v) is 8.91. The van der Waals surface area contributed by atoms with Gasteiger partial charge in [-0.3, -0.25) is 0 Å². The molecule has 0 atom stereocenters. The maximum absolute atomic E-state index is 5.72. The lowest BCUT2D eigenvalue weighted by atomic mass is 10.1. The number of hydrogen-bond donors (Lipinski definition) is 0. The largest absolute Gasteiger partial charge is 0.461 e. The Morgan fingerprint density at radius 1 is 1.20 bits per heavy atom. The Morgan fingerprint density at radius 3 is 2.87 bits per heavy atom. The van der Waals surface area contributed by atoms with Crippen LogP contribution in [0.2, 0.25) is 0 Å². The van der Waals surface area contributed by atoms with E-state index in [0.717, 1.165) is 24.2 Å². The normalized spacial score (nSPS) is 10.7. The van der Waals surface area contributed by atoms with Crippen molar-refractivity contribution in [2.24, 2.45) is 0 Å². The number of rotatable bonds is 5. The van der Waals surface area contributed by atoms with Gasteiger partial charge in [0.25, 0.3) is 0 Å². The molecule has 0 aliphatic carbocycles. The molecule has 0 aliphatic heterocycles. The van der Waals surface area contributed by atoms with Gasteiger partial charge in [-0.1, -0.05) is 24.3 Å². The van der Waals surface area contributed by atoms with Crippen LogP contribution in [-0.4, -0.2) is 0 Å². The SMILES string of the molecule is C=CCCCCc1cc2ccccc2o1. The molecule has 0 spiro atoms. The van der Waals surface area contributed by atoms with Crippen LogP contribution < -0.4 is 0 Å². The van der Waals surface area contributed by atoms with Crippen LogP contribution in [0.25, 0.3) is 11.0 Å². The van der Waals surface area contributed by atoms with Crippen LogP contribution in [0.3, 0.4) is 0 Å². The molecule has 1 aromatic heterocycles. The summed E-state index contributed by atoms with van der Waals surface area (Å²) in [5.41, 5.74) is 0.997. The monoisotopic (exact) mass is 200 g/mol. The second kappa shape index (κ2) is 4.83. The number of aryl methyl sites for hydroxylation is 1. The van der Waals surface area contributed by atoms with E-state index in [1.807, 2.05) is 24.3 Å². The van der Waals surface area contributed by atoms with E-state index in [0.29, 0.717) is 0 Å². The summed E-state index contributed by atoms with van der Waals surface area (Å²) in [6.45, 7) is 3.72. The van der Waals surface area contributed by atoms with E-state index >= 15 is 0 Å². The summed E-state index contributed by atoms with van der Waals surface area (Å²) in [4.78, 5) is 0. The van der Waals surface area contributed by atoms with Crippen molar-refractivity contribution in [3.8, 4) is 0 Å². The summed E-state index contributed by atoms with van der Waals surface area (Å²) in [6.07, 6.45) is 6.47. The molecule has 0 saturated heterocycles. The Hall–Kier alpha value is -1.50. The summed E-state index contributed by atoms with van der Waals surface area (Å²) in [7, 11) is 0. The number of para-hydroxylation sites is 1. The molecule has 0 aliphatic rings. The molecular formula is C14H16O. The highest BCUT2D eigenvalue weighted by molar-refractivity contribution is 5.77. The first kappa shape index (κ1) is 10.0. The van der Waals surface area contributed by atoms with Crippen LogP contribution >= 0.6 is 0 Å². The molecular weight excluding hydrogens is 184 g/mol. The molecule has 1 nitrogen and oxygen atoms in total. The topological polar surface area (TPSA) is 13.1 Å². The number of unbranched alkanes of at least 4 members (excludes halogenated alkanes) is 2. The van der Waals surface area contributed by atoms with Crippen molar-refractivity contribution in [3.63, 3.8) is 0 Å². The second-order valence-electron chi connectivity index (χ2n) is 3.78. The minimum atomic E-state index is 0.997. The molecule has 2 rings (SSSR count). The van der Waals surface area contributed by atoms with Crippen LogP contribution in [0.1, 0.15) is 25.0 Å². The lowest BCUT2D eigenvalue weighted by Gasteiger charge is -1.94. The number of furan rings is 1. The van der Waals surface area contributed by atoms with E-state index in [-0.39, 0.29) is 0 Å². The first-order chi connectivity index (χ1) is 7.40. The summed E-state index contributed by atoms with van der Waals surface area (Å²) < 4.78 is 5.72. The van der Waals surface area contributed by atoms with Gasteiger partial charge >= 0.3 is 0 Å². The Bertz CT molecular complexity index is 406. The Labute approximate surface area is 90.4 Å². The molecule has 0 bridgehead atoms. The van der Waals surface area contributed by atoms with Gasteiger partial charge in [0.1, 0.15) is 11.3 Å². The standard InChI is InChI=1S/C14H16O/c1-2-3-4-5-9-13-11-12-8-6-7-10-14(12)15-13/h2,6-8,10-11H,1,3-5,9H2. The van der Waals surface area contributed by atoms with Gasteiger partial charge in [0.05, 0.1) is 0 Å². The van der Waals surface area contributed by atoms with Crippen LogP contribution in [0.15, 0.2) is 47.4 Å². The lowest BCUT2D eigenvalue weighted by molar-refractivity contribution is 0.533. The van der Waals surface area contributed by atoms with E-state index in [1.54, 1.807) is 0 Å². The minimum absolute atomic E-state index is 0.997. The van der Waals surface area contributed by atoms with Crippen molar-refractivity contribution in [3.05, 3.63) is 48.7 Å². The molecule has 2 aromatic rings. The third-order valence-electron chi connectivity index (χ3n) is 2.56. The molecule has 0 amide bonds. The fourth-order valence-electron chi connectivity index (χ4n) is 1.75. The molecule has 0 saturated carbocycles. The van der Waals surface area contributed by atoms with E-state index in [9.17, 15) is 0 Å². The van der Waals surface area contributed by atoms with Gasteiger partial charge in [-0.05, 0) is 31.4 Å². The van der Waals surface area contributed by atoms with Crippen molar-refractivity contribution < 1.29 is 4.42 Å². The van der Waals surface area contributed by atoms with Crippen molar-refractivity contribution in [1.82, 2.24) is 0 Å². The van der Waals surface area contributed by atoms with Crippen molar-refractivity contribution in [2.75, 3.05) is 0 Å². The smallest absolute Gasteiger partial charge is 0.134 e. The van der Waals surface area contributed by atoms with E-state index in [4.69, 9.17) is 4.42 Å². The number of benzene rings is 1. The predicted octanol–water partition coefficient (Wildman–Crippen LogP) is 4.33. The van der Waals surface area contributed by atoms with Crippen LogP contribution in [0.4, 0.5) is 0 Å². The lowest BCUT2D eigenvalue weighted by Crippen LogP contribution is -1.80. The predicted molar refractivity (Wildman–Crippen MR) is 64.0 cm³/mol. The molecule has 78 valence electrons. The summed E-state index contributed by atoms with van der Waals surface area (Å²) in [5, 5.41) is 1.20. The third-order valence-corrected chi connectivity index (χ3v) is 2.56. The van der Waals surface area contributed by atoms with Gasteiger partial charge in [0.2, 0.25) is 0 Å². The van der Waals surface area contributed by atoms with Crippen molar-refractivity contribution in [2.45, 2.75) is 25.7 Å². The maximum Gasteiger partial charge on any atom is 0.134 e. The van der Waals surface area contributed by atoms with Crippen LogP contribution in [-0.2, 0) is 6.42 Å². The highest BCUT2D eigenvalue weighted by atomic mass is 16.3. The molecule has 0 fully saturated rings. The third kappa shape index (κ3) is 2.50. The maximum atomic E-state index is 5.72. The van der Waals surface area contributed by atoms with Gasteiger partial charge in [0, 0.05) is 11.8 Å². The molecule has 1 heterocycles. The van der Waals surface area contributed by atoms with Crippen molar-refractivity contribution >= 4 is 11.0 Å². The van der Waals surface area contributed by atoms with E-state index in [1.165, 1.54) is 18.2 Å². The van der Waals surface area contributed by atoms with E-state index < -0.39 is 0 Å². The first-order valence-electron chi connectivity index (χ1n) is 5.48. The van der Waals surface area contributed by atoms with Gasteiger partial charge in [-0.2, -0.15) is 0 Å². The molecule has 0 N–H and O–H groups in total. The van der Waals surface area contributed by atoms with Gasteiger partial charge in [-0.15, -0.1) is 6.58 Å². The van der Waals surface area contributed by atoms with E-state index in [2.05, 4.69) is 18.7 Å². The van der Waals surface area contributed by atoms with Gasteiger partial charge in [0.15, 0.2) is 0 Å². The molecule has 1 aromatic carbocycles. The second-order valence-corrected chi connectivity index (χ2v) is 3.78. The van der Waals surface area contributed by atoms with Crippen LogP contribution in [0, 0.1) is 0 Å². The Kier molecular flexibility index (Phi) is 3.23. The number of allylic oxidation sites excluding steroid dienone is 1. The zero-order valence-electron chi connectivity index (χ0n) is 8.91. The summed E-state index contributed by atoms with van der Waals surface area (Å²) in [5.74, 6) is 1.10. The Balaban J connectivity index is 1.99. The average Bonchev–Trinajstić information content (AvgIpc) is 2.67. The van der Waals surface area contributed by atoms with Gasteiger partial charge in [-0.25, -0.2) is 0 Å².